The molecule has 0 saturated carbocycles. The highest BCUT2D eigenvalue weighted by Crippen LogP contribution is 2.30. The Labute approximate surface area is 207 Å². The molecular weight excluding hydrogens is 479 g/mol. The molecule has 3 rings (SSSR count). The van der Waals surface area contributed by atoms with Crippen LogP contribution in [0.1, 0.15) is 28.4 Å². The van der Waals surface area contributed by atoms with Crippen molar-refractivity contribution in [2.45, 2.75) is 19.6 Å². The number of rotatable bonds is 10. The first-order valence-corrected chi connectivity index (χ1v) is 11.0. The van der Waals surface area contributed by atoms with Crippen molar-refractivity contribution < 1.29 is 28.9 Å². The molecular formula is C26H22Cl2O6. The number of ketones is 1. The number of aliphatic carboxylic acids is 1. The summed E-state index contributed by atoms with van der Waals surface area (Å²) in [5.41, 5.74) is 1.98. The van der Waals surface area contributed by atoms with Crippen molar-refractivity contribution in [3.05, 3.63) is 93.5 Å². The van der Waals surface area contributed by atoms with Crippen molar-refractivity contribution in [3.63, 3.8) is 0 Å². The average Bonchev–Trinajstić information content (AvgIpc) is 2.82. The van der Waals surface area contributed by atoms with Gasteiger partial charge in [-0.05, 0) is 67.1 Å². The van der Waals surface area contributed by atoms with Crippen molar-refractivity contribution in [2.75, 3.05) is 7.11 Å². The Balaban J connectivity index is 1.65. The molecule has 1 atom stereocenters. The molecule has 0 amide bonds. The molecule has 0 radical (unpaired) electrons. The molecule has 0 aromatic heterocycles. The van der Waals surface area contributed by atoms with Crippen LogP contribution in [0.2, 0.25) is 10.0 Å². The van der Waals surface area contributed by atoms with Crippen LogP contribution >= 0.6 is 23.2 Å². The smallest absolute Gasteiger partial charge is 0.344 e. The molecule has 0 bridgehead atoms. The summed E-state index contributed by atoms with van der Waals surface area (Å²) in [4.78, 5) is 23.4. The number of allylic oxidation sites excluding steroid dienone is 1. The molecule has 6 nitrogen and oxygen atoms in total. The summed E-state index contributed by atoms with van der Waals surface area (Å²) < 4.78 is 16.5. The summed E-state index contributed by atoms with van der Waals surface area (Å²) in [5, 5.41) is 9.97. The molecule has 1 N–H and O–H groups in total. The Morgan fingerprint density at radius 1 is 1.00 bits per heavy atom. The van der Waals surface area contributed by atoms with Crippen LogP contribution in [-0.2, 0) is 11.4 Å². The SMILES string of the molecule is COc1cc(C=CC(=O)c2ccc(OC(C)C(=O)O)cc2)ccc1OCc1ccc(Cl)cc1Cl. The fourth-order valence-electron chi connectivity index (χ4n) is 2.92. The first-order valence-electron chi connectivity index (χ1n) is 10.2. The van der Waals surface area contributed by atoms with Crippen LogP contribution in [0.3, 0.4) is 0 Å². The summed E-state index contributed by atoms with van der Waals surface area (Å²) in [6, 6.07) is 16.8. The Kier molecular flexibility index (Phi) is 8.57. The van der Waals surface area contributed by atoms with E-state index < -0.39 is 12.1 Å². The van der Waals surface area contributed by atoms with E-state index in [1.54, 1.807) is 66.7 Å². The van der Waals surface area contributed by atoms with Gasteiger partial charge in [-0.3, -0.25) is 4.79 Å². The maximum atomic E-state index is 12.5. The first kappa shape index (κ1) is 25.1. The lowest BCUT2D eigenvalue weighted by Gasteiger charge is -2.12. The van der Waals surface area contributed by atoms with E-state index in [4.69, 9.17) is 42.5 Å². The van der Waals surface area contributed by atoms with E-state index in [0.717, 1.165) is 11.1 Å². The summed E-state index contributed by atoms with van der Waals surface area (Å²) >= 11 is 12.1. The average molecular weight is 501 g/mol. The normalized spacial score (nSPS) is 11.8. The van der Waals surface area contributed by atoms with E-state index in [-0.39, 0.29) is 12.4 Å². The number of benzene rings is 3. The van der Waals surface area contributed by atoms with Gasteiger partial charge in [-0.2, -0.15) is 0 Å². The monoisotopic (exact) mass is 500 g/mol. The lowest BCUT2D eigenvalue weighted by molar-refractivity contribution is -0.144. The molecule has 3 aromatic carbocycles. The molecule has 176 valence electrons. The third-order valence-electron chi connectivity index (χ3n) is 4.81. The number of hydrogen-bond acceptors (Lipinski definition) is 5. The number of carboxylic acid groups (broad SMARTS) is 1. The third kappa shape index (κ3) is 6.76. The molecule has 0 aliphatic rings. The molecule has 0 fully saturated rings. The van der Waals surface area contributed by atoms with Gasteiger partial charge < -0.3 is 19.3 Å². The van der Waals surface area contributed by atoms with Gasteiger partial charge in [-0.15, -0.1) is 0 Å². The van der Waals surface area contributed by atoms with E-state index in [1.165, 1.54) is 20.1 Å². The number of carboxylic acids is 1. The topological polar surface area (TPSA) is 82.1 Å². The van der Waals surface area contributed by atoms with E-state index in [1.807, 2.05) is 0 Å². The number of methoxy groups -OCH3 is 1. The lowest BCUT2D eigenvalue weighted by atomic mass is 10.1. The van der Waals surface area contributed by atoms with E-state index in [0.29, 0.717) is 32.9 Å². The van der Waals surface area contributed by atoms with Gasteiger partial charge in [0, 0.05) is 21.2 Å². The minimum Gasteiger partial charge on any atom is -0.493 e. The highest BCUT2D eigenvalue weighted by Gasteiger charge is 2.13. The predicted octanol–water partition coefficient (Wildman–Crippen LogP) is 6.33. The van der Waals surface area contributed by atoms with Gasteiger partial charge >= 0.3 is 5.97 Å². The van der Waals surface area contributed by atoms with Crippen LogP contribution in [0.4, 0.5) is 0 Å². The maximum absolute atomic E-state index is 12.5. The van der Waals surface area contributed by atoms with Crippen molar-refractivity contribution >= 4 is 41.0 Å². The van der Waals surface area contributed by atoms with Crippen molar-refractivity contribution in [2.24, 2.45) is 0 Å². The van der Waals surface area contributed by atoms with Gasteiger partial charge in [-0.25, -0.2) is 4.79 Å². The zero-order valence-corrected chi connectivity index (χ0v) is 20.0. The van der Waals surface area contributed by atoms with E-state index in [9.17, 15) is 9.59 Å². The Morgan fingerprint density at radius 3 is 2.38 bits per heavy atom. The summed E-state index contributed by atoms with van der Waals surface area (Å²) in [6.45, 7) is 1.67. The minimum atomic E-state index is -1.07. The maximum Gasteiger partial charge on any atom is 0.344 e. The minimum absolute atomic E-state index is 0.213. The number of ether oxygens (including phenoxy) is 3. The number of hydrogen-bond donors (Lipinski definition) is 1. The quantitative estimate of drug-likeness (QED) is 0.258. The molecule has 34 heavy (non-hydrogen) atoms. The second-order valence-corrected chi connectivity index (χ2v) is 8.10. The summed E-state index contributed by atoms with van der Waals surface area (Å²) in [7, 11) is 1.53. The highest BCUT2D eigenvalue weighted by atomic mass is 35.5. The Hall–Kier alpha value is -3.48. The molecule has 0 aliphatic heterocycles. The zero-order chi connectivity index (χ0) is 24.7. The number of carbonyl (C=O) groups is 2. The Bertz CT molecular complexity index is 1200. The highest BCUT2D eigenvalue weighted by molar-refractivity contribution is 6.35. The van der Waals surface area contributed by atoms with Crippen LogP contribution in [-0.4, -0.2) is 30.1 Å². The van der Waals surface area contributed by atoms with Gasteiger partial charge in [0.2, 0.25) is 0 Å². The lowest BCUT2D eigenvalue weighted by Crippen LogP contribution is -2.22. The molecule has 0 aliphatic carbocycles. The van der Waals surface area contributed by atoms with Gasteiger partial charge in [0.25, 0.3) is 0 Å². The first-order chi connectivity index (χ1) is 16.3. The molecule has 8 heteroatoms. The second-order valence-electron chi connectivity index (χ2n) is 7.25. The Morgan fingerprint density at radius 2 is 1.74 bits per heavy atom. The van der Waals surface area contributed by atoms with Crippen LogP contribution in [0.5, 0.6) is 17.2 Å². The van der Waals surface area contributed by atoms with Crippen LogP contribution in [0.15, 0.2) is 66.7 Å². The molecule has 0 spiro atoms. The van der Waals surface area contributed by atoms with Gasteiger partial charge in [0.05, 0.1) is 7.11 Å². The van der Waals surface area contributed by atoms with Crippen LogP contribution < -0.4 is 14.2 Å². The van der Waals surface area contributed by atoms with Crippen LogP contribution in [0.25, 0.3) is 6.08 Å². The van der Waals surface area contributed by atoms with Crippen molar-refractivity contribution in [3.8, 4) is 17.2 Å². The second kappa shape index (κ2) is 11.6. The van der Waals surface area contributed by atoms with Gasteiger partial charge in [0.1, 0.15) is 12.4 Å². The summed E-state index contributed by atoms with van der Waals surface area (Å²) in [6.07, 6.45) is 2.13. The van der Waals surface area contributed by atoms with Crippen molar-refractivity contribution in [1.29, 1.82) is 0 Å². The predicted molar refractivity (Wildman–Crippen MR) is 131 cm³/mol. The molecule has 3 aromatic rings. The van der Waals surface area contributed by atoms with Gasteiger partial charge in [0.15, 0.2) is 23.4 Å². The standard InChI is InChI=1S/C26H22Cl2O6/c1-16(26(30)31)34-21-9-6-18(7-10-21)23(29)11-3-17-4-12-24(25(13-17)32-2)33-15-19-5-8-20(27)14-22(19)28/h3-14,16H,15H2,1-2H3,(H,30,31). The fourth-order valence-corrected chi connectivity index (χ4v) is 3.38. The molecule has 0 saturated heterocycles. The summed E-state index contributed by atoms with van der Waals surface area (Å²) in [5.74, 6) is 0.130. The third-order valence-corrected chi connectivity index (χ3v) is 5.40. The van der Waals surface area contributed by atoms with E-state index in [2.05, 4.69) is 0 Å². The van der Waals surface area contributed by atoms with E-state index >= 15 is 0 Å². The fraction of sp³-hybridized carbons (Fsp3) is 0.154. The zero-order valence-electron chi connectivity index (χ0n) is 18.5. The molecule has 1 unspecified atom stereocenters. The van der Waals surface area contributed by atoms with Gasteiger partial charge in [-0.1, -0.05) is 41.4 Å². The van der Waals surface area contributed by atoms with Crippen LogP contribution in [0, 0.1) is 0 Å². The number of halogens is 2. The van der Waals surface area contributed by atoms with Crippen molar-refractivity contribution in [1.82, 2.24) is 0 Å². The number of carbonyl (C=O) groups excluding carboxylic acids is 1. The molecule has 0 heterocycles. The largest absolute Gasteiger partial charge is 0.493 e.